The quantitative estimate of drug-likeness (QED) is 0.356. The minimum atomic E-state index is -4.90. The Morgan fingerprint density at radius 2 is 1.95 bits per heavy atom. The summed E-state index contributed by atoms with van der Waals surface area (Å²) in [4.78, 5) is 45.4. The number of hydrogen-bond donors (Lipinski definition) is 2. The second-order valence-corrected chi connectivity index (χ2v) is 9.36. The normalized spacial score (nSPS) is 18.1. The highest BCUT2D eigenvalue weighted by Gasteiger charge is 2.44. The molecule has 11 nitrogen and oxygen atoms in total. The highest BCUT2D eigenvalue weighted by molar-refractivity contribution is 6.06. The van der Waals surface area contributed by atoms with Crippen LogP contribution in [0.4, 0.5) is 43.5 Å². The molecule has 2 N–H and O–H groups in total. The monoisotopic (exact) mass is 589 g/mol. The second kappa shape index (κ2) is 11.4. The zero-order chi connectivity index (χ0) is 30.1. The van der Waals surface area contributed by atoms with Crippen LogP contribution in [0.5, 0.6) is 0 Å². The number of carbonyl (C=O) groups is 2. The minimum Gasteiger partial charge on any atom is -0.379 e. The maximum absolute atomic E-state index is 13.2. The number of nitrogens with one attached hydrogen (secondary N) is 2. The molecule has 2 atom stereocenters. The molecule has 222 valence electrons. The maximum atomic E-state index is 13.2. The van der Waals surface area contributed by atoms with E-state index in [9.17, 15) is 40.7 Å². The molecule has 2 aromatic rings. The van der Waals surface area contributed by atoms with Crippen LogP contribution in [-0.2, 0) is 26.7 Å². The molecule has 1 fully saturated rings. The van der Waals surface area contributed by atoms with Gasteiger partial charge < -0.3 is 19.9 Å². The average Bonchev–Trinajstić information content (AvgIpc) is 2.89. The molecule has 0 spiro atoms. The third-order valence-electron chi connectivity index (χ3n) is 6.51. The predicted molar refractivity (Wildman–Crippen MR) is 133 cm³/mol. The summed E-state index contributed by atoms with van der Waals surface area (Å²) in [6, 6.07) is -0.731. The fraction of sp³-hybridized carbons (Fsp3) is 0.458. The molecule has 17 heteroatoms. The first-order valence-corrected chi connectivity index (χ1v) is 12.3. The number of carbonyl (C=O) groups excluding carboxylic acids is 2. The number of fused-ring (bicyclic) bond motifs is 3. The third kappa shape index (κ3) is 6.28. The summed E-state index contributed by atoms with van der Waals surface area (Å²) in [7, 11) is 0. The summed E-state index contributed by atoms with van der Waals surface area (Å²) in [5, 5.41) is 7.64. The maximum Gasteiger partial charge on any atom is 0.423 e. The van der Waals surface area contributed by atoms with Gasteiger partial charge in [-0.3, -0.25) is 19.3 Å². The molecule has 0 saturated carbocycles. The van der Waals surface area contributed by atoms with Crippen LogP contribution in [-0.4, -0.2) is 76.8 Å². The van der Waals surface area contributed by atoms with Gasteiger partial charge in [0.15, 0.2) is 5.82 Å². The van der Waals surface area contributed by atoms with Gasteiger partial charge in [-0.2, -0.15) is 31.4 Å². The fourth-order valence-electron chi connectivity index (χ4n) is 4.62. The van der Waals surface area contributed by atoms with E-state index in [-0.39, 0.29) is 56.7 Å². The van der Waals surface area contributed by atoms with E-state index in [1.165, 1.54) is 11.8 Å². The Kier molecular flexibility index (Phi) is 8.28. The van der Waals surface area contributed by atoms with Crippen molar-refractivity contribution in [2.75, 3.05) is 48.0 Å². The van der Waals surface area contributed by atoms with Gasteiger partial charge in [0.1, 0.15) is 11.6 Å². The highest BCUT2D eigenvalue weighted by Crippen LogP contribution is 2.40. The lowest BCUT2D eigenvalue weighted by Crippen LogP contribution is -2.63. The minimum absolute atomic E-state index is 0.0438. The number of hydrogen-bond acceptors (Lipinski definition) is 8. The smallest absolute Gasteiger partial charge is 0.379 e. The number of rotatable bonds is 8. The zero-order valence-corrected chi connectivity index (χ0v) is 21.6. The molecule has 41 heavy (non-hydrogen) atoms. The van der Waals surface area contributed by atoms with Gasteiger partial charge in [-0.05, 0) is 13.0 Å². The standard InChI is InChI=1S/C24H25F6N7O4/c1-3-36-16-8-14(23(25,26)27)9-31-20(16)37-6-5-35(11-17(37)22(36)40)18(38)4-7-41-12-13(2)33-15-10-32-34-21(39)19(15)24(28,29)30/h3,8-10,13,17H,1,4-7,11-12H2,2H3,(H2,33,34,39)/t13-,17+/m0/s1. The topological polar surface area (TPSA) is 124 Å². The van der Waals surface area contributed by atoms with Crippen LogP contribution in [0, 0.1) is 0 Å². The van der Waals surface area contributed by atoms with Gasteiger partial charge in [-0.15, -0.1) is 0 Å². The third-order valence-corrected chi connectivity index (χ3v) is 6.51. The summed E-state index contributed by atoms with van der Waals surface area (Å²) >= 11 is 0. The lowest BCUT2D eigenvalue weighted by Gasteiger charge is -2.46. The number of anilines is 3. The number of H-pyrrole nitrogens is 1. The molecule has 4 heterocycles. The SMILES string of the molecule is C=CN1C(=O)[C@H]2CN(C(=O)CCOC[C@H](C)Nc3cn[nH]c(=O)c3C(F)(F)F)CCN2c2ncc(C(F)(F)F)cc21. The lowest BCUT2D eigenvalue weighted by molar-refractivity contribution is -0.138. The van der Waals surface area contributed by atoms with E-state index >= 15 is 0 Å². The molecule has 0 unspecified atom stereocenters. The van der Waals surface area contributed by atoms with E-state index < -0.39 is 52.7 Å². The molecular weight excluding hydrogens is 564 g/mol. The molecular formula is C24H25F6N7O4. The van der Waals surface area contributed by atoms with Gasteiger partial charge in [-0.1, -0.05) is 6.58 Å². The first-order chi connectivity index (χ1) is 19.2. The molecule has 2 amide bonds. The van der Waals surface area contributed by atoms with E-state index in [0.717, 1.165) is 23.4 Å². The number of nitrogens with zero attached hydrogens (tertiary/aromatic N) is 5. The van der Waals surface area contributed by atoms with E-state index in [1.54, 1.807) is 10.00 Å². The van der Waals surface area contributed by atoms with E-state index in [1.807, 2.05) is 0 Å². The second-order valence-electron chi connectivity index (χ2n) is 9.36. The van der Waals surface area contributed by atoms with Gasteiger partial charge in [0.25, 0.3) is 11.5 Å². The number of ether oxygens (including phenoxy) is 1. The Balaban J connectivity index is 1.32. The van der Waals surface area contributed by atoms with Crippen molar-refractivity contribution in [2.45, 2.75) is 37.8 Å². The average molecular weight is 589 g/mol. The molecule has 0 bridgehead atoms. The van der Waals surface area contributed by atoms with Crippen LogP contribution >= 0.6 is 0 Å². The molecule has 0 aromatic carbocycles. The Bertz CT molecular complexity index is 1380. The number of pyridine rings is 1. The van der Waals surface area contributed by atoms with Crippen LogP contribution in [0.1, 0.15) is 24.5 Å². The first-order valence-electron chi connectivity index (χ1n) is 12.3. The lowest BCUT2D eigenvalue weighted by atomic mass is 10.0. The van der Waals surface area contributed by atoms with Gasteiger partial charge in [0, 0.05) is 31.5 Å². The van der Waals surface area contributed by atoms with Gasteiger partial charge >= 0.3 is 12.4 Å². The summed E-state index contributed by atoms with van der Waals surface area (Å²) < 4.78 is 84.6. The number of aromatic amines is 1. The number of amides is 2. The number of aromatic nitrogens is 3. The largest absolute Gasteiger partial charge is 0.423 e. The van der Waals surface area contributed by atoms with Crippen molar-refractivity contribution in [1.82, 2.24) is 20.1 Å². The van der Waals surface area contributed by atoms with E-state index in [4.69, 9.17) is 4.74 Å². The van der Waals surface area contributed by atoms with Crippen molar-refractivity contribution < 1.29 is 40.7 Å². The van der Waals surface area contributed by atoms with Gasteiger partial charge in [0.05, 0.1) is 49.3 Å². The fourth-order valence-corrected chi connectivity index (χ4v) is 4.62. The van der Waals surface area contributed by atoms with Crippen LogP contribution in [0.25, 0.3) is 0 Å². The van der Waals surface area contributed by atoms with Crippen LogP contribution < -0.4 is 20.7 Å². The number of halogens is 6. The highest BCUT2D eigenvalue weighted by atomic mass is 19.4. The Hall–Kier alpha value is -4.15. The summed E-state index contributed by atoms with van der Waals surface area (Å²) in [6.45, 7) is 5.15. The summed E-state index contributed by atoms with van der Waals surface area (Å²) in [5.74, 6) is -0.744. The van der Waals surface area contributed by atoms with Gasteiger partial charge in [0.2, 0.25) is 5.91 Å². The molecule has 2 aromatic heterocycles. The van der Waals surface area contributed by atoms with Crippen LogP contribution in [0.3, 0.4) is 0 Å². The molecule has 4 rings (SSSR count). The van der Waals surface area contributed by atoms with E-state index in [0.29, 0.717) is 6.20 Å². The van der Waals surface area contributed by atoms with Crippen molar-refractivity contribution in [3.63, 3.8) is 0 Å². The zero-order valence-electron chi connectivity index (χ0n) is 21.6. The van der Waals surface area contributed by atoms with Crippen molar-refractivity contribution in [3.8, 4) is 0 Å². The molecule has 0 aliphatic carbocycles. The van der Waals surface area contributed by atoms with E-state index in [2.05, 4.69) is 22.0 Å². The van der Waals surface area contributed by atoms with Crippen LogP contribution in [0.15, 0.2) is 36.0 Å². The predicted octanol–water partition coefficient (Wildman–Crippen LogP) is 2.62. The van der Waals surface area contributed by atoms with Crippen molar-refractivity contribution >= 4 is 29.0 Å². The molecule has 0 radical (unpaired) electrons. The summed E-state index contributed by atoms with van der Waals surface area (Å²) in [6.07, 6.45) is -7.02. The Morgan fingerprint density at radius 1 is 1.22 bits per heavy atom. The molecule has 1 saturated heterocycles. The summed E-state index contributed by atoms with van der Waals surface area (Å²) in [5.41, 5.74) is -4.38. The molecule has 2 aliphatic rings. The molecule has 2 aliphatic heterocycles. The van der Waals surface area contributed by atoms with Crippen molar-refractivity contribution in [1.29, 1.82) is 0 Å². The number of piperazine rings is 1. The van der Waals surface area contributed by atoms with Crippen molar-refractivity contribution in [2.24, 2.45) is 0 Å². The Morgan fingerprint density at radius 3 is 2.61 bits per heavy atom. The Labute approximate surface area is 228 Å². The van der Waals surface area contributed by atoms with Crippen LogP contribution in [0.2, 0.25) is 0 Å². The van der Waals surface area contributed by atoms with Gasteiger partial charge in [-0.25, -0.2) is 10.1 Å². The number of alkyl halides is 6. The first kappa shape index (κ1) is 29.8. The van der Waals surface area contributed by atoms with Crippen molar-refractivity contribution in [3.05, 3.63) is 52.7 Å².